The summed E-state index contributed by atoms with van der Waals surface area (Å²) in [7, 11) is 1.62. The van der Waals surface area contributed by atoms with Crippen LogP contribution in [-0.4, -0.2) is 30.6 Å². The molecule has 2 heterocycles. The molecule has 4 nitrogen and oxygen atoms in total. The number of hydrogen-bond acceptors (Lipinski definition) is 4. The molecule has 0 aromatic rings. The molecule has 1 fully saturated rings. The molecular formula is C13H23NO3. The smallest absolute Gasteiger partial charge is 0.357 e. The van der Waals surface area contributed by atoms with Gasteiger partial charge in [-0.1, -0.05) is 27.7 Å². The summed E-state index contributed by atoms with van der Waals surface area (Å²) in [5, 5.41) is 0. The molecule has 17 heavy (non-hydrogen) atoms. The molecule has 2 aliphatic heterocycles. The number of methoxy groups -OCH3 is 1. The van der Waals surface area contributed by atoms with Crippen LogP contribution >= 0.6 is 0 Å². The second-order valence-electron chi connectivity index (χ2n) is 5.71. The van der Waals surface area contributed by atoms with Gasteiger partial charge in [0.1, 0.15) is 0 Å². The number of nitrogens with zero attached hydrogens (tertiary/aromatic N) is 1. The van der Waals surface area contributed by atoms with E-state index in [2.05, 4.69) is 27.7 Å². The molecule has 0 saturated carbocycles. The van der Waals surface area contributed by atoms with Crippen LogP contribution in [0.3, 0.4) is 0 Å². The van der Waals surface area contributed by atoms with Gasteiger partial charge in [-0.3, -0.25) is 0 Å². The Kier molecular flexibility index (Phi) is 2.99. The minimum atomic E-state index is -0.981. The molecule has 2 aliphatic rings. The van der Waals surface area contributed by atoms with Crippen LogP contribution in [0.15, 0.2) is 4.99 Å². The molecule has 0 spiro atoms. The maximum Gasteiger partial charge on any atom is 0.357 e. The van der Waals surface area contributed by atoms with Gasteiger partial charge in [-0.15, -0.1) is 0 Å². The molecule has 0 unspecified atom stereocenters. The van der Waals surface area contributed by atoms with Gasteiger partial charge < -0.3 is 14.2 Å². The van der Waals surface area contributed by atoms with Crippen molar-refractivity contribution in [2.45, 2.75) is 58.7 Å². The molecule has 0 aliphatic carbocycles. The van der Waals surface area contributed by atoms with Crippen LogP contribution in [-0.2, 0) is 14.2 Å². The van der Waals surface area contributed by atoms with E-state index in [4.69, 9.17) is 19.2 Å². The molecule has 0 radical (unpaired) electrons. The zero-order valence-corrected chi connectivity index (χ0v) is 11.6. The van der Waals surface area contributed by atoms with Crippen molar-refractivity contribution in [2.24, 2.45) is 16.8 Å². The van der Waals surface area contributed by atoms with Crippen LogP contribution in [0.4, 0.5) is 0 Å². The lowest BCUT2D eigenvalue weighted by Crippen LogP contribution is -2.75. The summed E-state index contributed by atoms with van der Waals surface area (Å²) in [4.78, 5) is 4.71. The van der Waals surface area contributed by atoms with Gasteiger partial charge >= 0.3 is 5.97 Å². The van der Waals surface area contributed by atoms with Crippen molar-refractivity contribution in [2.75, 3.05) is 7.11 Å². The van der Waals surface area contributed by atoms with Crippen molar-refractivity contribution in [3.63, 3.8) is 0 Å². The number of hydrogen-bond donors (Lipinski definition) is 0. The van der Waals surface area contributed by atoms with Crippen LogP contribution in [0, 0.1) is 11.8 Å². The quantitative estimate of drug-likeness (QED) is 0.759. The van der Waals surface area contributed by atoms with E-state index in [9.17, 15) is 0 Å². The van der Waals surface area contributed by atoms with Crippen LogP contribution in [0.2, 0.25) is 0 Å². The van der Waals surface area contributed by atoms with Gasteiger partial charge in [-0.25, -0.2) is 4.99 Å². The van der Waals surface area contributed by atoms with Crippen molar-refractivity contribution in [1.29, 1.82) is 0 Å². The van der Waals surface area contributed by atoms with Crippen molar-refractivity contribution in [1.82, 2.24) is 0 Å². The standard InChI is InChI=1S/C13H23NO3/c1-8(2)7-11-12(9(3)4)13(15-6,17-11)16-10(5)14-12/h8-9,11H,7H2,1-6H3/t11-,12+,13-/m1/s1. The fourth-order valence-electron chi connectivity index (χ4n) is 3.00. The molecular weight excluding hydrogens is 218 g/mol. The summed E-state index contributed by atoms with van der Waals surface area (Å²) in [6, 6.07) is 0. The Bertz CT molecular complexity index is 340. The topological polar surface area (TPSA) is 40.0 Å². The fraction of sp³-hybridized carbons (Fsp3) is 0.923. The summed E-state index contributed by atoms with van der Waals surface area (Å²) in [5.74, 6) is 0.566. The van der Waals surface area contributed by atoms with E-state index in [-0.39, 0.29) is 11.6 Å². The van der Waals surface area contributed by atoms with Gasteiger partial charge in [-0.05, 0) is 18.3 Å². The highest BCUT2D eigenvalue weighted by Gasteiger charge is 2.75. The van der Waals surface area contributed by atoms with E-state index in [0.29, 0.717) is 17.7 Å². The van der Waals surface area contributed by atoms with Crippen molar-refractivity contribution < 1.29 is 14.2 Å². The third-order valence-electron chi connectivity index (χ3n) is 3.74. The first kappa shape index (κ1) is 12.8. The van der Waals surface area contributed by atoms with Gasteiger partial charge in [0, 0.05) is 14.0 Å². The van der Waals surface area contributed by atoms with Crippen molar-refractivity contribution in [3.8, 4) is 0 Å². The van der Waals surface area contributed by atoms with Crippen LogP contribution in [0.1, 0.15) is 41.0 Å². The number of rotatable bonds is 4. The Labute approximate surface area is 103 Å². The average molecular weight is 241 g/mol. The first-order valence-electron chi connectivity index (χ1n) is 6.36. The summed E-state index contributed by atoms with van der Waals surface area (Å²) in [6.07, 6.45) is 1.06. The molecule has 0 aromatic carbocycles. The molecule has 0 amide bonds. The van der Waals surface area contributed by atoms with Crippen LogP contribution < -0.4 is 0 Å². The Hall–Kier alpha value is -0.610. The van der Waals surface area contributed by atoms with E-state index >= 15 is 0 Å². The lowest BCUT2D eigenvalue weighted by molar-refractivity contribution is -0.468. The summed E-state index contributed by atoms with van der Waals surface area (Å²) in [5.41, 5.74) is -0.379. The zero-order valence-electron chi connectivity index (χ0n) is 11.6. The lowest BCUT2D eigenvalue weighted by Gasteiger charge is -2.56. The molecule has 0 N–H and O–H groups in total. The largest absolute Gasteiger partial charge is 0.424 e. The third-order valence-corrected chi connectivity index (χ3v) is 3.74. The van der Waals surface area contributed by atoms with E-state index in [1.165, 1.54) is 0 Å². The predicted molar refractivity (Wildman–Crippen MR) is 65.8 cm³/mol. The van der Waals surface area contributed by atoms with E-state index in [1.807, 2.05) is 6.92 Å². The van der Waals surface area contributed by atoms with E-state index < -0.39 is 5.97 Å². The predicted octanol–water partition coefficient (Wildman–Crippen LogP) is 2.57. The molecule has 0 bridgehead atoms. The highest BCUT2D eigenvalue weighted by Crippen LogP contribution is 2.56. The van der Waals surface area contributed by atoms with Crippen molar-refractivity contribution in [3.05, 3.63) is 0 Å². The second kappa shape index (κ2) is 3.95. The lowest BCUT2D eigenvalue weighted by atomic mass is 9.72. The zero-order chi connectivity index (χ0) is 12.8. The Morgan fingerprint density at radius 1 is 1.35 bits per heavy atom. The van der Waals surface area contributed by atoms with Crippen LogP contribution in [0.5, 0.6) is 0 Å². The fourth-order valence-corrected chi connectivity index (χ4v) is 3.00. The van der Waals surface area contributed by atoms with Gasteiger partial charge in [0.2, 0.25) is 0 Å². The normalized spacial score (nSPS) is 40.0. The SMILES string of the molecule is CO[C@@]12OC(C)=N[C@@]1(C(C)C)[C@@H](CC(C)C)O2. The summed E-state index contributed by atoms with van der Waals surface area (Å²) < 4.78 is 17.1. The number of aliphatic imine (C=N–C) groups is 1. The second-order valence-corrected chi connectivity index (χ2v) is 5.71. The minimum absolute atomic E-state index is 0.0832. The van der Waals surface area contributed by atoms with Gasteiger partial charge in [0.05, 0.1) is 6.10 Å². The summed E-state index contributed by atoms with van der Waals surface area (Å²) in [6.45, 7) is 10.5. The molecule has 3 atom stereocenters. The maximum atomic E-state index is 5.89. The number of ether oxygens (including phenoxy) is 3. The minimum Gasteiger partial charge on any atom is -0.424 e. The first-order chi connectivity index (χ1) is 7.88. The first-order valence-corrected chi connectivity index (χ1v) is 6.36. The monoisotopic (exact) mass is 241 g/mol. The Balaban J connectivity index is 2.32. The van der Waals surface area contributed by atoms with E-state index in [0.717, 1.165) is 6.42 Å². The highest BCUT2D eigenvalue weighted by molar-refractivity contribution is 5.77. The molecule has 98 valence electrons. The molecule has 1 saturated heterocycles. The Morgan fingerprint density at radius 3 is 2.47 bits per heavy atom. The van der Waals surface area contributed by atoms with E-state index in [1.54, 1.807) is 7.11 Å². The number of fused-ring (bicyclic) bond motifs is 1. The highest BCUT2D eigenvalue weighted by atomic mass is 16.9. The molecule has 2 rings (SSSR count). The average Bonchev–Trinajstić information content (AvgIpc) is 2.44. The van der Waals surface area contributed by atoms with Gasteiger partial charge in [-0.2, -0.15) is 0 Å². The molecule has 4 heteroatoms. The summed E-state index contributed by atoms with van der Waals surface area (Å²) >= 11 is 0. The van der Waals surface area contributed by atoms with Gasteiger partial charge in [0.25, 0.3) is 0 Å². The molecule has 0 aromatic heterocycles. The third kappa shape index (κ3) is 1.54. The van der Waals surface area contributed by atoms with Crippen LogP contribution in [0.25, 0.3) is 0 Å². The van der Waals surface area contributed by atoms with Crippen molar-refractivity contribution >= 4 is 5.90 Å². The maximum absolute atomic E-state index is 5.89. The van der Waals surface area contributed by atoms with Gasteiger partial charge in [0.15, 0.2) is 11.4 Å². The Morgan fingerprint density at radius 2 is 2.00 bits per heavy atom.